The number of hydrogen-bond donors (Lipinski definition) is 0. The minimum atomic E-state index is -0.630. The predicted molar refractivity (Wildman–Crippen MR) is 310 cm³/mol. The zero-order valence-electron chi connectivity index (χ0n) is 41.2. The van der Waals surface area contributed by atoms with E-state index in [2.05, 4.69) is 232 Å². The first-order valence-corrected chi connectivity index (χ1v) is 26.7. The molecule has 4 nitrogen and oxygen atoms in total. The van der Waals surface area contributed by atoms with Crippen LogP contribution in [0, 0.1) is 36.5 Å². The molecule has 0 fully saturated rings. The minimum absolute atomic E-state index is 0.247. The van der Waals surface area contributed by atoms with Gasteiger partial charge in [-0.05, 0) is 154 Å². The van der Waals surface area contributed by atoms with Gasteiger partial charge in [-0.25, -0.2) is 0 Å². The summed E-state index contributed by atoms with van der Waals surface area (Å²) in [6.07, 6.45) is 0. The van der Waals surface area contributed by atoms with E-state index in [1.165, 1.54) is 84.9 Å². The summed E-state index contributed by atoms with van der Waals surface area (Å²) in [5.74, 6) is 0. The van der Waals surface area contributed by atoms with E-state index in [0.717, 1.165) is 45.3 Å². The van der Waals surface area contributed by atoms with Gasteiger partial charge in [0.2, 0.25) is 0 Å². The summed E-state index contributed by atoms with van der Waals surface area (Å²) in [7, 11) is 0. The van der Waals surface area contributed by atoms with Gasteiger partial charge >= 0.3 is 0 Å². The van der Waals surface area contributed by atoms with Gasteiger partial charge in [0.1, 0.15) is 0 Å². The first-order valence-electron chi connectivity index (χ1n) is 25.1. The van der Waals surface area contributed by atoms with E-state index < -0.39 is 5.41 Å². The Labute approximate surface area is 438 Å². The third-order valence-corrected chi connectivity index (χ3v) is 18.8. The summed E-state index contributed by atoms with van der Waals surface area (Å²) < 4.78 is 5.00. The number of nitrogens with zero attached hydrogens (tertiary/aromatic N) is 4. The fraction of sp³-hybridized carbons (Fsp3) is 0.0882. The number of rotatable bonds is 6. The molecule has 350 valence electrons. The van der Waals surface area contributed by atoms with E-state index >= 15 is 0 Å². The molecular formula is C68H46N4S2. The van der Waals surface area contributed by atoms with Crippen LogP contribution in [0.4, 0.5) is 34.1 Å². The van der Waals surface area contributed by atoms with Crippen LogP contribution >= 0.6 is 22.7 Å². The number of thiophene rings is 2. The molecule has 0 saturated carbocycles. The van der Waals surface area contributed by atoms with E-state index in [9.17, 15) is 10.5 Å². The Hall–Kier alpha value is -8.78. The number of aryl methyl sites for hydroxylation is 2. The Morgan fingerprint density at radius 2 is 0.730 bits per heavy atom. The third-order valence-electron chi connectivity index (χ3n) is 16.0. The summed E-state index contributed by atoms with van der Waals surface area (Å²) >= 11 is 3.69. The molecule has 10 aromatic carbocycles. The van der Waals surface area contributed by atoms with E-state index in [1.54, 1.807) is 0 Å². The van der Waals surface area contributed by atoms with Crippen LogP contribution in [-0.4, -0.2) is 0 Å². The number of anilines is 6. The van der Waals surface area contributed by atoms with Crippen LogP contribution in [-0.2, 0) is 10.8 Å². The molecule has 0 saturated heterocycles. The van der Waals surface area contributed by atoms with Crippen molar-refractivity contribution in [2.45, 2.75) is 38.5 Å². The zero-order chi connectivity index (χ0) is 50.0. The van der Waals surface area contributed by atoms with Crippen LogP contribution < -0.4 is 9.80 Å². The number of nitriles is 2. The first-order chi connectivity index (χ1) is 36.2. The fourth-order valence-electron chi connectivity index (χ4n) is 12.6. The van der Waals surface area contributed by atoms with Gasteiger partial charge in [-0.2, -0.15) is 10.5 Å². The molecule has 2 heterocycles. The summed E-state index contributed by atoms with van der Waals surface area (Å²) in [5.41, 5.74) is 19.1. The van der Waals surface area contributed by atoms with E-state index in [-0.39, 0.29) is 5.41 Å². The van der Waals surface area contributed by atoms with Gasteiger partial charge in [0, 0.05) is 59.1 Å². The number of hydrogen-bond acceptors (Lipinski definition) is 6. The van der Waals surface area contributed by atoms with Crippen molar-refractivity contribution in [3.05, 3.63) is 262 Å². The SMILES string of the molecule is Cc1cccc2c1sc1c(N(c3ccc(C#N)cc3)c3ccc4c(c3)-c3cc(N(c5ccc(C#N)cc5)c5cccc6c5sc5c(C)cccc56)ccc3C43c4ccccc4C(C)(C)c4ccccc43)cccc12. The molecular weight excluding hydrogens is 937 g/mol. The second kappa shape index (κ2) is 16.4. The van der Waals surface area contributed by atoms with Crippen LogP contribution in [0.2, 0.25) is 0 Å². The van der Waals surface area contributed by atoms with Crippen molar-refractivity contribution < 1.29 is 0 Å². The molecule has 0 unspecified atom stereocenters. The molecule has 74 heavy (non-hydrogen) atoms. The van der Waals surface area contributed by atoms with Gasteiger partial charge in [0.25, 0.3) is 0 Å². The lowest BCUT2D eigenvalue weighted by molar-refractivity contribution is 0.563. The van der Waals surface area contributed by atoms with Gasteiger partial charge in [-0.15, -0.1) is 22.7 Å². The second-order valence-electron chi connectivity index (χ2n) is 20.3. The highest BCUT2D eigenvalue weighted by atomic mass is 32.1. The molecule has 0 amide bonds. The molecule has 0 N–H and O–H groups in total. The highest BCUT2D eigenvalue weighted by molar-refractivity contribution is 7.27. The molecule has 2 aromatic heterocycles. The number of benzene rings is 10. The van der Waals surface area contributed by atoms with E-state index in [1.807, 2.05) is 46.9 Å². The maximum absolute atomic E-state index is 9.99. The Morgan fingerprint density at radius 3 is 1.14 bits per heavy atom. The molecule has 0 radical (unpaired) electrons. The average molecular weight is 983 g/mol. The molecule has 0 bridgehead atoms. The maximum Gasteiger partial charge on any atom is 0.0991 e. The van der Waals surface area contributed by atoms with Gasteiger partial charge in [-0.1, -0.05) is 135 Å². The lowest BCUT2D eigenvalue weighted by Gasteiger charge is -2.46. The van der Waals surface area contributed by atoms with Crippen molar-refractivity contribution in [1.82, 2.24) is 0 Å². The summed E-state index contributed by atoms with van der Waals surface area (Å²) in [5, 5.41) is 25.0. The smallest absolute Gasteiger partial charge is 0.0991 e. The quantitative estimate of drug-likeness (QED) is 0.167. The van der Waals surface area contributed by atoms with Crippen molar-refractivity contribution in [2.24, 2.45) is 0 Å². The van der Waals surface area contributed by atoms with Crippen LogP contribution in [0.5, 0.6) is 0 Å². The molecule has 2 aliphatic rings. The van der Waals surface area contributed by atoms with Crippen molar-refractivity contribution in [3.8, 4) is 23.3 Å². The standard InChI is InChI=1S/C68H46N4S2/c1-41-13-9-15-49-51-17-11-23-61(65(51)73-63(41)49)71(45-29-25-43(39-69)26-30-45)47-33-35-55-53(37-47)54-38-48(34-36-56(54)68(55)59-21-7-5-19-57(59)67(3,4)58-20-6-8-22-60(58)68)72(46-31-27-44(40-70)28-32-46)62-24-12-18-52-50-16-10-14-42(2)64(50)74-66(52)62/h5-38H,1-4H3. The Kier molecular flexibility index (Phi) is 9.72. The summed E-state index contributed by atoms with van der Waals surface area (Å²) in [6, 6.07) is 79.8. The topological polar surface area (TPSA) is 54.1 Å². The molecule has 1 spiro atoms. The van der Waals surface area contributed by atoms with Crippen LogP contribution in [0.3, 0.4) is 0 Å². The van der Waals surface area contributed by atoms with E-state index in [4.69, 9.17) is 0 Å². The summed E-state index contributed by atoms with van der Waals surface area (Å²) in [6.45, 7) is 9.15. The fourth-order valence-corrected chi connectivity index (χ4v) is 15.2. The van der Waals surface area contributed by atoms with Crippen molar-refractivity contribution in [2.75, 3.05) is 9.80 Å². The van der Waals surface area contributed by atoms with Gasteiger partial charge in [0.15, 0.2) is 0 Å². The van der Waals surface area contributed by atoms with E-state index in [0.29, 0.717) is 11.1 Å². The van der Waals surface area contributed by atoms with Crippen LogP contribution in [0.1, 0.15) is 69.5 Å². The minimum Gasteiger partial charge on any atom is -0.309 e. The van der Waals surface area contributed by atoms with Crippen molar-refractivity contribution in [1.29, 1.82) is 10.5 Å². The lowest BCUT2D eigenvalue weighted by Crippen LogP contribution is -2.40. The van der Waals surface area contributed by atoms with Crippen molar-refractivity contribution >= 4 is 97.1 Å². The Bertz CT molecular complexity index is 4130. The number of fused-ring (bicyclic) bond motifs is 15. The zero-order valence-corrected chi connectivity index (χ0v) is 42.9. The van der Waals surface area contributed by atoms with Crippen LogP contribution in [0.25, 0.3) is 51.5 Å². The Balaban J connectivity index is 1.07. The summed E-state index contributed by atoms with van der Waals surface area (Å²) in [4.78, 5) is 4.78. The highest BCUT2D eigenvalue weighted by Gasteiger charge is 2.53. The largest absolute Gasteiger partial charge is 0.309 e. The van der Waals surface area contributed by atoms with Gasteiger partial charge in [-0.3, -0.25) is 0 Å². The molecule has 2 aliphatic carbocycles. The molecule has 0 aliphatic heterocycles. The normalized spacial score (nSPS) is 13.6. The highest BCUT2D eigenvalue weighted by Crippen LogP contribution is 2.63. The lowest BCUT2D eigenvalue weighted by atomic mass is 9.55. The first kappa shape index (κ1) is 44.0. The molecule has 0 atom stereocenters. The average Bonchev–Trinajstić information content (AvgIpc) is 4.27. The van der Waals surface area contributed by atoms with Crippen LogP contribution in [0.15, 0.2) is 206 Å². The van der Waals surface area contributed by atoms with Crippen molar-refractivity contribution in [3.63, 3.8) is 0 Å². The molecule has 14 rings (SSSR count). The Morgan fingerprint density at radius 1 is 0.365 bits per heavy atom. The molecule has 12 aromatic rings. The monoisotopic (exact) mass is 982 g/mol. The maximum atomic E-state index is 9.99. The third kappa shape index (κ3) is 6.17. The second-order valence-corrected chi connectivity index (χ2v) is 22.4. The van der Waals surface area contributed by atoms with Gasteiger partial charge in [0.05, 0.1) is 49.5 Å². The van der Waals surface area contributed by atoms with Gasteiger partial charge < -0.3 is 9.80 Å². The molecule has 6 heteroatoms. The predicted octanol–water partition coefficient (Wildman–Crippen LogP) is 18.7.